The van der Waals surface area contributed by atoms with Crippen LogP contribution in [-0.2, 0) is 16.0 Å². The Labute approximate surface area is 197 Å². The first-order chi connectivity index (χ1) is 15.3. The predicted octanol–water partition coefficient (Wildman–Crippen LogP) is 5.10. The number of hydrogen-bond acceptors (Lipinski definition) is 3. The van der Waals surface area contributed by atoms with E-state index in [-0.39, 0.29) is 24.5 Å². The maximum Gasteiger partial charge on any atom is 0.261 e. The minimum absolute atomic E-state index is 0.0545. The van der Waals surface area contributed by atoms with Gasteiger partial charge >= 0.3 is 0 Å². The monoisotopic (exact) mass is 458 g/mol. The van der Waals surface area contributed by atoms with E-state index < -0.39 is 6.04 Å². The number of nitrogens with one attached hydrogen (secondary N) is 1. The number of aryl methyl sites for hydroxylation is 2. The molecule has 0 bridgehead atoms. The third kappa shape index (κ3) is 7.27. The Morgan fingerprint density at radius 1 is 1.06 bits per heavy atom. The van der Waals surface area contributed by atoms with E-state index in [1.165, 1.54) is 0 Å². The number of carbonyl (C=O) groups excluding carboxylic acids is 2. The molecule has 2 aromatic carbocycles. The lowest BCUT2D eigenvalue weighted by Crippen LogP contribution is -2.52. The highest BCUT2D eigenvalue weighted by Gasteiger charge is 2.29. The Morgan fingerprint density at radius 3 is 2.25 bits per heavy atom. The average molecular weight is 459 g/mol. The quantitative estimate of drug-likeness (QED) is 0.509. The molecule has 6 heteroatoms. The van der Waals surface area contributed by atoms with Gasteiger partial charge in [-0.05, 0) is 68.9 Å². The van der Waals surface area contributed by atoms with E-state index in [1.54, 1.807) is 4.90 Å². The van der Waals surface area contributed by atoms with Crippen LogP contribution in [0.25, 0.3) is 0 Å². The average Bonchev–Trinajstić information content (AvgIpc) is 2.78. The Kier molecular flexibility index (Phi) is 10.0. The van der Waals surface area contributed by atoms with Crippen LogP contribution in [0.3, 0.4) is 0 Å². The van der Waals surface area contributed by atoms with Gasteiger partial charge in [-0.25, -0.2) is 0 Å². The van der Waals surface area contributed by atoms with Crippen LogP contribution in [0.2, 0.25) is 5.02 Å². The van der Waals surface area contributed by atoms with Gasteiger partial charge in [0.2, 0.25) is 5.91 Å². The summed E-state index contributed by atoms with van der Waals surface area (Å²) in [7, 11) is 0. The van der Waals surface area contributed by atoms with Gasteiger partial charge in [-0.1, -0.05) is 55.8 Å². The molecule has 0 aliphatic carbocycles. The van der Waals surface area contributed by atoms with Crippen molar-refractivity contribution in [3.05, 3.63) is 64.2 Å². The van der Waals surface area contributed by atoms with Crippen LogP contribution in [-0.4, -0.2) is 41.9 Å². The van der Waals surface area contributed by atoms with E-state index in [9.17, 15) is 9.59 Å². The SMILES string of the molecule is CC[C@@H](C)NC(=O)[C@H](CC)N(CCc1ccccc1)C(=O)COc1cc(C)c(Cl)c(C)c1. The highest BCUT2D eigenvalue weighted by molar-refractivity contribution is 6.32. The molecular weight excluding hydrogens is 424 g/mol. The number of rotatable bonds is 11. The first-order valence-electron chi connectivity index (χ1n) is 11.3. The largest absolute Gasteiger partial charge is 0.484 e. The molecule has 32 heavy (non-hydrogen) atoms. The second-order valence-electron chi connectivity index (χ2n) is 8.22. The zero-order valence-corrected chi connectivity index (χ0v) is 20.5. The number of nitrogens with zero attached hydrogens (tertiary/aromatic N) is 1. The lowest BCUT2D eigenvalue weighted by molar-refractivity contribution is -0.142. The van der Waals surface area contributed by atoms with E-state index in [1.807, 2.05) is 77.1 Å². The summed E-state index contributed by atoms with van der Waals surface area (Å²) in [5.41, 5.74) is 2.91. The van der Waals surface area contributed by atoms with Crippen LogP contribution < -0.4 is 10.1 Å². The summed E-state index contributed by atoms with van der Waals surface area (Å²) >= 11 is 6.24. The van der Waals surface area contributed by atoms with Gasteiger partial charge in [0.15, 0.2) is 6.61 Å². The number of ether oxygens (including phenoxy) is 1. The van der Waals surface area contributed by atoms with Crippen molar-refractivity contribution in [1.29, 1.82) is 0 Å². The molecule has 0 aliphatic rings. The molecule has 0 spiro atoms. The number of halogens is 1. The Bertz CT molecular complexity index is 878. The number of hydrogen-bond donors (Lipinski definition) is 1. The van der Waals surface area contributed by atoms with Crippen LogP contribution in [0.5, 0.6) is 5.75 Å². The van der Waals surface area contributed by atoms with Gasteiger partial charge in [0.25, 0.3) is 5.91 Å². The van der Waals surface area contributed by atoms with E-state index in [2.05, 4.69) is 5.32 Å². The fraction of sp³-hybridized carbons (Fsp3) is 0.462. The standard InChI is InChI=1S/C26H35ClN2O3/c1-6-20(5)28-26(31)23(7-2)29(14-13-21-11-9-8-10-12-21)24(30)17-32-22-15-18(3)25(27)19(4)16-22/h8-12,15-16,20,23H,6-7,13-14,17H2,1-5H3,(H,28,31)/t20-,23+/m1/s1. The number of carbonyl (C=O) groups is 2. The van der Waals surface area contributed by atoms with E-state index in [4.69, 9.17) is 16.3 Å². The van der Waals surface area contributed by atoms with Crippen molar-refractivity contribution >= 4 is 23.4 Å². The highest BCUT2D eigenvalue weighted by atomic mass is 35.5. The second kappa shape index (κ2) is 12.5. The Hall–Kier alpha value is -2.53. The smallest absolute Gasteiger partial charge is 0.261 e. The highest BCUT2D eigenvalue weighted by Crippen LogP contribution is 2.26. The summed E-state index contributed by atoms with van der Waals surface area (Å²) < 4.78 is 5.81. The molecule has 0 aromatic heterocycles. The minimum atomic E-state index is -0.544. The first-order valence-corrected chi connectivity index (χ1v) is 11.7. The van der Waals surface area contributed by atoms with Crippen LogP contribution in [0.4, 0.5) is 0 Å². The van der Waals surface area contributed by atoms with E-state index in [0.717, 1.165) is 23.1 Å². The second-order valence-corrected chi connectivity index (χ2v) is 8.60. The van der Waals surface area contributed by atoms with E-state index in [0.29, 0.717) is 30.2 Å². The molecule has 0 heterocycles. The zero-order chi connectivity index (χ0) is 23.7. The van der Waals surface area contributed by atoms with Gasteiger partial charge in [-0.15, -0.1) is 0 Å². The van der Waals surface area contributed by atoms with Gasteiger partial charge < -0.3 is 15.0 Å². The van der Waals surface area contributed by atoms with Crippen LogP contribution in [0, 0.1) is 13.8 Å². The Balaban J connectivity index is 2.17. The molecular formula is C26H35ClN2O3. The van der Waals surface area contributed by atoms with Crippen LogP contribution >= 0.6 is 11.6 Å². The number of amides is 2. The van der Waals surface area contributed by atoms with Crippen molar-refractivity contribution in [2.45, 2.75) is 66.0 Å². The van der Waals surface area contributed by atoms with Gasteiger partial charge in [0.1, 0.15) is 11.8 Å². The van der Waals surface area contributed by atoms with E-state index >= 15 is 0 Å². The minimum Gasteiger partial charge on any atom is -0.484 e. The topological polar surface area (TPSA) is 58.6 Å². The van der Waals surface area contributed by atoms with Crippen molar-refractivity contribution in [2.75, 3.05) is 13.2 Å². The molecule has 0 radical (unpaired) electrons. The predicted molar refractivity (Wildman–Crippen MR) is 130 cm³/mol. The summed E-state index contributed by atoms with van der Waals surface area (Å²) in [5.74, 6) is 0.261. The molecule has 0 unspecified atom stereocenters. The molecule has 5 nitrogen and oxygen atoms in total. The van der Waals surface area contributed by atoms with Crippen molar-refractivity contribution < 1.29 is 14.3 Å². The maximum absolute atomic E-state index is 13.2. The van der Waals surface area contributed by atoms with Gasteiger partial charge in [-0.3, -0.25) is 9.59 Å². The van der Waals surface area contributed by atoms with Gasteiger partial charge in [0.05, 0.1) is 0 Å². The Morgan fingerprint density at radius 2 is 1.69 bits per heavy atom. The molecule has 2 amide bonds. The molecule has 0 saturated heterocycles. The van der Waals surface area contributed by atoms with Gasteiger partial charge in [0, 0.05) is 17.6 Å². The molecule has 174 valence electrons. The van der Waals surface area contributed by atoms with Crippen molar-refractivity contribution in [3.63, 3.8) is 0 Å². The summed E-state index contributed by atoms with van der Waals surface area (Å²) in [6, 6.07) is 13.1. The fourth-order valence-electron chi connectivity index (χ4n) is 3.55. The molecule has 0 aliphatic heterocycles. The maximum atomic E-state index is 13.2. The third-order valence-corrected chi connectivity index (χ3v) is 6.24. The molecule has 2 rings (SSSR count). The van der Waals surface area contributed by atoms with Crippen LogP contribution in [0.15, 0.2) is 42.5 Å². The first kappa shape index (κ1) is 25.7. The lowest BCUT2D eigenvalue weighted by Gasteiger charge is -2.31. The van der Waals surface area contributed by atoms with Crippen molar-refractivity contribution in [3.8, 4) is 5.75 Å². The normalized spacial score (nSPS) is 12.7. The molecule has 0 fully saturated rings. The summed E-state index contributed by atoms with van der Waals surface area (Å²) in [6.45, 7) is 10.0. The summed E-state index contributed by atoms with van der Waals surface area (Å²) in [5, 5.41) is 3.72. The molecule has 0 saturated carbocycles. The third-order valence-electron chi connectivity index (χ3n) is 5.64. The van der Waals surface area contributed by atoms with Crippen molar-refractivity contribution in [1.82, 2.24) is 10.2 Å². The molecule has 2 aromatic rings. The molecule has 1 N–H and O–H groups in total. The van der Waals surface area contributed by atoms with Crippen LogP contribution in [0.1, 0.15) is 50.3 Å². The van der Waals surface area contributed by atoms with Gasteiger partial charge in [-0.2, -0.15) is 0 Å². The zero-order valence-electron chi connectivity index (χ0n) is 19.8. The summed E-state index contributed by atoms with van der Waals surface area (Å²) in [4.78, 5) is 27.8. The van der Waals surface area contributed by atoms with Crippen molar-refractivity contribution in [2.24, 2.45) is 0 Å². The summed E-state index contributed by atoms with van der Waals surface area (Å²) in [6.07, 6.45) is 2.03. The number of benzene rings is 2. The lowest BCUT2D eigenvalue weighted by atomic mass is 10.1. The fourth-order valence-corrected chi connectivity index (χ4v) is 3.66. The molecule has 2 atom stereocenters.